The van der Waals surface area contributed by atoms with E-state index in [1.165, 1.54) is 5.56 Å². The molecule has 0 unspecified atom stereocenters. The molecule has 6 heteroatoms. The number of nitrogens with one attached hydrogen (secondary N) is 1. The van der Waals surface area contributed by atoms with E-state index in [0.29, 0.717) is 29.6 Å². The largest absolute Gasteiger partial charge is 0.486 e. The van der Waals surface area contributed by atoms with Crippen molar-refractivity contribution in [2.45, 2.75) is 24.7 Å². The van der Waals surface area contributed by atoms with Crippen molar-refractivity contribution >= 4 is 22.4 Å². The third-order valence-electron chi connectivity index (χ3n) is 3.94. The monoisotopic (exact) mass is 359 g/mol. The van der Waals surface area contributed by atoms with Crippen LogP contribution in [-0.2, 0) is 22.0 Å². The van der Waals surface area contributed by atoms with E-state index in [1.807, 2.05) is 24.3 Å². The number of carbonyl (C=O) groups is 1. The second-order valence-electron chi connectivity index (χ2n) is 5.70. The molecule has 0 aromatic heterocycles. The van der Waals surface area contributed by atoms with E-state index >= 15 is 0 Å². The fraction of sp³-hybridized carbons (Fsp3) is 0.316. The number of amides is 1. The molecule has 1 atom stereocenters. The van der Waals surface area contributed by atoms with Crippen LogP contribution >= 0.6 is 0 Å². The Morgan fingerprint density at radius 1 is 1.08 bits per heavy atom. The van der Waals surface area contributed by atoms with E-state index in [1.54, 1.807) is 18.2 Å². The minimum Gasteiger partial charge on any atom is -0.486 e. The molecule has 0 fully saturated rings. The summed E-state index contributed by atoms with van der Waals surface area (Å²) in [6.07, 6.45) is 1.15. The van der Waals surface area contributed by atoms with E-state index in [9.17, 15) is 9.00 Å². The van der Waals surface area contributed by atoms with E-state index in [4.69, 9.17) is 9.47 Å². The van der Waals surface area contributed by atoms with Crippen LogP contribution in [0.3, 0.4) is 0 Å². The second-order valence-corrected chi connectivity index (χ2v) is 7.27. The van der Waals surface area contributed by atoms with Crippen molar-refractivity contribution in [2.24, 2.45) is 0 Å². The number of aryl methyl sites for hydroxylation is 1. The third kappa shape index (κ3) is 4.60. The Kier molecular flexibility index (Phi) is 5.71. The molecule has 1 amide bonds. The van der Waals surface area contributed by atoms with Gasteiger partial charge in [-0.2, -0.15) is 0 Å². The average molecular weight is 359 g/mol. The first-order chi connectivity index (χ1) is 12.2. The lowest BCUT2D eigenvalue weighted by Gasteiger charge is -2.18. The first kappa shape index (κ1) is 17.5. The van der Waals surface area contributed by atoms with Crippen LogP contribution in [0.15, 0.2) is 47.4 Å². The number of rotatable bonds is 6. The van der Waals surface area contributed by atoms with Gasteiger partial charge in [0.2, 0.25) is 5.91 Å². The van der Waals surface area contributed by atoms with Crippen LogP contribution in [0.2, 0.25) is 0 Å². The molecule has 1 N–H and O–H groups in total. The van der Waals surface area contributed by atoms with Crippen LogP contribution in [0.25, 0.3) is 0 Å². The Morgan fingerprint density at radius 3 is 2.52 bits per heavy atom. The predicted molar refractivity (Wildman–Crippen MR) is 97.8 cm³/mol. The van der Waals surface area contributed by atoms with E-state index in [2.05, 4.69) is 12.2 Å². The summed E-state index contributed by atoms with van der Waals surface area (Å²) in [5.41, 5.74) is 1.98. The summed E-state index contributed by atoms with van der Waals surface area (Å²) >= 11 is 0. The highest BCUT2D eigenvalue weighted by Gasteiger charge is 2.15. The summed E-state index contributed by atoms with van der Waals surface area (Å²) < 4.78 is 23.4. The summed E-state index contributed by atoms with van der Waals surface area (Å²) in [6, 6.07) is 13.0. The molecule has 5 nitrogen and oxygen atoms in total. The molecule has 1 aliphatic heterocycles. The van der Waals surface area contributed by atoms with Gasteiger partial charge in [0.05, 0.1) is 10.8 Å². The lowest BCUT2D eigenvalue weighted by atomic mass is 10.1. The van der Waals surface area contributed by atoms with Gasteiger partial charge in [-0.1, -0.05) is 19.1 Å². The van der Waals surface area contributed by atoms with Crippen LogP contribution in [-0.4, -0.2) is 29.1 Å². The zero-order chi connectivity index (χ0) is 17.6. The van der Waals surface area contributed by atoms with Crippen molar-refractivity contribution in [3.05, 3.63) is 48.0 Å². The molecular weight excluding hydrogens is 338 g/mol. The Balaban J connectivity index is 1.53. The van der Waals surface area contributed by atoms with E-state index < -0.39 is 10.8 Å². The molecule has 0 bridgehead atoms. The second kappa shape index (κ2) is 8.16. The van der Waals surface area contributed by atoms with Crippen molar-refractivity contribution in [1.82, 2.24) is 0 Å². The van der Waals surface area contributed by atoms with Crippen molar-refractivity contribution in [1.29, 1.82) is 0 Å². The number of ether oxygens (including phenoxy) is 2. The van der Waals surface area contributed by atoms with Crippen molar-refractivity contribution < 1.29 is 18.5 Å². The van der Waals surface area contributed by atoms with Gasteiger partial charge in [-0.25, -0.2) is 0 Å². The number of hydrogen-bond donors (Lipinski definition) is 1. The molecule has 2 aromatic rings. The molecule has 2 aromatic carbocycles. The zero-order valence-corrected chi connectivity index (χ0v) is 14.9. The number of anilines is 1. The fourth-order valence-electron chi connectivity index (χ4n) is 2.52. The summed E-state index contributed by atoms with van der Waals surface area (Å²) in [6.45, 7) is 3.10. The number of hydrogen-bond acceptors (Lipinski definition) is 4. The summed E-state index contributed by atoms with van der Waals surface area (Å²) in [7, 11) is -1.26. The van der Waals surface area contributed by atoms with Crippen molar-refractivity contribution in [3.63, 3.8) is 0 Å². The van der Waals surface area contributed by atoms with Gasteiger partial charge >= 0.3 is 0 Å². The van der Waals surface area contributed by atoms with Crippen LogP contribution in [0.4, 0.5) is 5.69 Å². The van der Waals surface area contributed by atoms with Gasteiger partial charge in [0.1, 0.15) is 13.2 Å². The average Bonchev–Trinajstić information content (AvgIpc) is 2.66. The molecule has 0 spiro atoms. The summed E-state index contributed by atoms with van der Waals surface area (Å²) in [5, 5.41) is 2.83. The van der Waals surface area contributed by atoms with Crippen LogP contribution in [0.1, 0.15) is 18.9 Å². The van der Waals surface area contributed by atoms with Crippen LogP contribution in [0, 0.1) is 0 Å². The number of carbonyl (C=O) groups excluding carboxylic acids is 1. The molecule has 0 aliphatic carbocycles. The van der Waals surface area contributed by atoms with Gasteiger partial charge in [0, 0.05) is 28.8 Å². The molecular formula is C19H21NO4S. The quantitative estimate of drug-likeness (QED) is 0.860. The Bertz CT molecular complexity index is 773. The lowest BCUT2D eigenvalue weighted by molar-refractivity contribution is -0.115. The third-order valence-corrected chi connectivity index (χ3v) is 5.29. The van der Waals surface area contributed by atoms with Crippen molar-refractivity contribution in [2.75, 3.05) is 24.3 Å². The highest BCUT2D eigenvalue weighted by molar-refractivity contribution is 7.85. The minimum absolute atomic E-state index is 0.143. The van der Waals surface area contributed by atoms with Crippen LogP contribution < -0.4 is 14.8 Å². The van der Waals surface area contributed by atoms with Crippen LogP contribution in [0.5, 0.6) is 11.5 Å². The Labute approximate surface area is 149 Å². The maximum absolute atomic E-state index is 12.4. The molecule has 25 heavy (non-hydrogen) atoms. The van der Waals surface area contributed by atoms with E-state index in [-0.39, 0.29) is 18.1 Å². The van der Waals surface area contributed by atoms with Gasteiger partial charge in [-0.15, -0.1) is 0 Å². The minimum atomic E-state index is -1.26. The molecule has 132 valence electrons. The standard InChI is InChI=1S/C19H21NO4S/c1-2-14-3-5-15(6-4-14)20-19(21)9-12-25(22)16-7-8-17-18(13-16)24-11-10-23-17/h3-8,13H,2,9-12H2,1H3,(H,20,21)/t25-/m1/s1. The maximum atomic E-state index is 12.4. The van der Waals surface area contributed by atoms with Gasteiger partial charge in [0.25, 0.3) is 0 Å². The summed E-state index contributed by atoms with van der Waals surface area (Å²) in [4.78, 5) is 12.7. The molecule has 0 saturated heterocycles. The molecule has 0 radical (unpaired) electrons. The molecule has 1 aliphatic rings. The number of benzene rings is 2. The van der Waals surface area contributed by atoms with Gasteiger partial charge in [-0.3, -0.25) is 9.00 Å². The predicted octanol–water partition coefficient (Wildman–Crippen LogP) is 3.16. The molecule has 3 rings (SSSR count). The van der Waals surface area contributed by atoms with Crippen molar-refractivity contribution in [3.8, 4) is 11.5 Å². The van der Waals surface area contributed by atoms with E-state index in [0.717, 1.165) is 12.1 Å². The molecule has 0 saturated carbocycles. The lowest BCUT2D eigenvalue weighted by Crippen LogP contribution is -2.16. The zero-order valence-electron chi connectivity index (χ0n) is 14.1. The fourth-order valence-corrected chi connectivity index (χ4v) is 3.58. The first-order valence-electron chi connectivity index (χ1n) is 8.32. The normalized spacial score (nSPS) is 14.0. The topological polar surface area (TPSA) is 64.6 Å². The van der Waals surface area contributed by atoms with Gasteiger partial charge in [-0.05, 0) is 36.2 Å². The highest BCUT2D eigenvalue weighted by Crippen LogP contribution is 2.31. The Hall–Kier alpha value is -2.34. The number of fused-ring (bicyclic) bond motifs is 1. The smallest absolute Gasteiger partial charge is 0.225 e. The SMILES string of the molecule is CCc1ccc(NC(=O)CC[S@@](=O)c2ccc3c(c2)OCCO3)cc1. The maximum Gasteiger partial charge on any atom is 0.225 e. The van der Waals surface area contributed by atoms with Gasteiger partial charge in [0.15, 0.2) is 11.5 Å². The highest BCUT2D eigenvalue weighted by atomic mass is 32.2. The first-order valence-corrected chi connectivity index (χ1v) is 9.64. The molecule has 1 heterocycles. The Morgan fingerprint density at radius 2 is 1.80 bits per heavy atom. The summed E-state index contributed by atoms with van der Waals surface area (Å²) in [5.74, 6) is 1.39. The van der Waals surface area contributed by atoms with Gasteiger partial charge < -0.3 is 14.8 Å².